The number of hydrogen-bond donors (Lipinski definition) is 1. The Bertz CT molecular complexity index is 894. The summed E-state index contributed by atoms with van der Waals surface area (Å²) in [6.45, 7) is 2.00. The SMILES string of the molecule is CC(Cc1cc(C(=O)NCc2ccc(F)cc2F)on1)c1ccccc1. The van der Waals surface area contributed by atoms with E-state index in [1.54, 1.807) is 6.07 Å². The topological polar surface area (TPSA) is 55.1 Å². The Balaban J connectivity index is 1.59. The molecule has 1 atom stereocenters. The fourth-order valence-electron chi connectivity index (χ4n) is 2.66. The zero-order valence-electron chi connectivity index (χ0n) is 14.2. The van der Waals surface area contributed by atoms with E-state index in [9.17, 15) is 13.6 Å². The summed E-state index contributed by atoms with van der Waals surface area (Å²) in [7, 11) is 0. The Morgan fingerprint density at radius 3 is 2.65 bits per heavy atom. The molecule has 1 unspecified atom stereocenters. The second-order valence-corrected chi connectivity index (χ2v) is 6.12. The maximum absolute atomic E-state index is 13.6. The largest absolute Gasteiger partial charge is 0.351 e. The molecule has 0 bridgehead atoms. The molecule has 0 saturated carbocycles. The molecule has 0 aliphatic rings. The third-order valence-corrected chi connectivity index (χ3v) is 4.12. The molecule has 1 N–H and O–H groups in total. The summed E-state index contributed by atoms with van der Waals surface area (Å²) in [6.07, 6.45) is 0.632. The molecule has 6 heteroatoms. The predicted octanol–water partition coefficient (Wildman–Crippen LogP) is 4.23. The maximum Gasteiger partial charge on any atom is 0.290 e. The van der Waals surface area contributed by atoms with Gasteiger partial charge in [-0.2, -0.15) is 0 Å². The van der Waals surface area contributed by atoms with Crippen LogP contribution in [0.4, 0.5) is 8.78 Å². The van der Waals surface area contributed by atoms with Gasteiger partial charge in [0.15, 0.2) is 0 Å². The molecule has 0 fully saturated rings. The second-order valence-electron chi connectivity index (χ2n) is 6.12. The summed E-state index contributed by atoms with van der Waals surface area (Å²) in [5.41, 5.74) is 2.03. The number of amides is 1. The van der Waals surface area contributed by atoms with Gasteiger partial charge in [0.05, 0.1) is 5.69 Å². The van der Waals surface area contributed by atoms with Gasteiger partial charge in [-0.05, 0) is 24.0 Å². The molecule has 1 heterocycles. The lowest BCUT2D eigenvalue weighted by molar-refractivity contribution is 0.0913. The quantitative estimate of drug-likeness (QED) is 0.719. The van der Waals surface area contributed by atoms with Crippen LogP contribution in [-0.4, -0.2) is 11.1 Å². The lowest BCUT2D eigenvalue weighted by Gasteiger charge is -2.08. The summed E-state index contributed by atoms with van der Waals surface area (Å²) >= 11 is 0. The van der Waals surface area contributed by atoms with Crippen molar-refractivity contribution in [1.82, 2.24) is 10.5 Å². The molecule has 2 aromatic carbocycles. The summed E-state index contributed by atoms with van der Waals surface area (Å²) in [5, 5.41) is 6.47. The number of nitrogens with zero attached hydrogens (tertiary/aromatic N) is 1. The predicted molar refractivity (Wildman–Crippen MR) is 92.6 cm³/mol. The van der Waals surface area contributed by atoms with E-state index < -0.39 is 17.5 Å². The molecule has 3 rings (SSSR count). The molecular formula is C20H18F2N2O2. The van der Waals surface area contributed by atoms with Gasteiger partial charge in [-0.15, -0.1) is 0 Å². The van der Waals surface area contributed by atoms with Crippen LogP contribution in [0.3, 0.4) is 0 Å². The van der Waals surface area contributed by atoms with E-state index >= 15 is 0 Å². The number of carbonyl (C=O) groups is 1. The number of benzene rings is 2. The van der Waals surface area contributed by atoms with Crippen LogP contribution in [0, 0.1) is 11.6 Å². The fourth-order valence-corrected chi connectivity index (χ4v) is 2.66. The Labute approximate surface area is 149 Å². The van der Waals surface area contributed by atoms with Crippen LogP contribution < -0.4 is 5.32 Å². The number of rotatable bonds is 6. The molecule has 0 spiro atoms. The average Bonchev–Trinajstić information content (AvgIpc) is 3.10. The van der Waals surface area contributed by atoms with Gasteiger partial charge in [0, 0.05) is 24.2 Å². The monoisotopic (exact) mass is 356 g/mol. The van der Waals surface area contributed by atoms with E-state index in [4.69, 9.17) is 4.52 Å². The Kier molecular flexibility index (Phi) is 5.41. The second kappa shape index (κ2) is 7.91. The lowest BCUT2D eigenvalue weighted by Crippen LogP contribution is -2.22. The van der Waals surface area contributed by atoms with E-state index in [0.717, 1.165) is 12.1 Å². The first-order chi connectivity index (χ1) is 12.5. The zero-order chi connectivity index (χ0) is 18.5. The number of carbonyl (C=O) groups excluding carboxylic acids is 1. The highest BCUT2D eigenvalue weighted by Crippen LogP contribution is 2.20. The van der Waals surface area contributed by atoms with Gasteiger partial charge in [-0.25, -0.2) is 8.78 Å². The van der Waals surface area contributed by atoms with Crippen molar-refractivity contribution in [2.75, 3.05) is 0 Å². The third kappa shape index (κ3) is 4.33. The molecule has 0 radical (unpaired) electrons. The normalized spacial score (nSPS) is 12.0. The lowest BCUT2D eigenvalue weighted by atomic mass is 9.96. The summed E-state index contributed by atoms with van der Waals surface area (Å²) in [4.78, 5) is 12.1. The third-order valence-electron chi connectivity index (χ3n) is 4.12. The highest BCUT2D eigenvalue weighted by Gasteiger charge is 2.16. The van der Waals surface area contributed by atoms with Gasteiger partial charge < -0.3 is 9.84 Å². The van der Waals surface area contributed by atoms with Crippen LogP contribution in [0.1, 0.15) is 40.2 Å². The molecule has 4 nitrogen and oxygen atoms in total. The molecule has 1 amide bonds. The first-order valence-electron chi connectivity index (χ1n) is 8.25. The summed E-state index contributed by atoms with van der Waals surface area (Å²) < 4.78 is 31.6. The minimum Gasteiger partial charge on any atom is -0.351 e. The Morgan fingerprint density at radius 1 is 1.15 bits per heavy atom. The van der Waals surface area contributed by atoms with Crippen LogP contribution in [0.25, 0.3) is 0 Å². The van der Waals surface area contributed by atoms with Crippen LogP contribution in [0.15, 0.2) is 59.1 Å². The first-order valence-corrected chi connectivity index (χ1v) is 8.25. The van der Waals surface area contributed by atoms with Crippen molar-refractivity contribution in [2.45, 2.75) is 25.8 Å². The smallest absolute Gasteiger partial charge is 0.290 e. The van der Waals surface area contributed by atoms with Crippen molar-refractivity contribution < 1.29 is 18.1 Å². The highest BCUT2D eigenvalue weighted by molar-refractivity contribution is 5.91. The number of nitrogens with one attached hydrogen (secondary N) is 1. The summed E-state index contributed by atoms with van der Waals surface area (Å²) in [5.74, 6) is -1.58. The van der Waals surface area contributed by atoms with Crippen LogP contribution in [-0.2, 0) is 13.0 Å². The van der Waals surface area contributed by atoms with E-state index in [2.05, 4.69) is 17.4 Å². The molecule has 0 saturated heterocycles. The van der Waals surface area contributed by atoms with Crippen LogP contribution >= 0.6 is 0 Å². The minimum absolute atomic E-state index is 0.0581. The van der Waals surface area contributed by atoms with Gasteiger partial charge >= 0.3 is 0 Å². The van der Waals surface area contributed by atoms with Crippen molar-refractivity contribution in [2.24, 2.45) is 0 Å². The van der Waals surface area contributed by atoms with Crippen molar-refractivity contribution in [3.63, 3.8) is 0 Å². The highest BCUT2D eigenvalue weighted by atomic mass is 19.1. The van der Waals surface area contributed by atoms with Gasteiger partial charge in [0.1, 0.15) is 11.6 Å². The van der Waals surface area contributed by atoms with E-state index in [0.29, 0.717) is 12.1 Å². The molecule has 3 aromatic rings. The standard InChI is InChI=1S/C20H18F2N2O2/c1-13(14-5-3-2-4-6-14)9-17-11-19(26-24-17)20(25)23-12-15-7-8-16(21)10-18(15)22/h2-8,10-11,13H,9,12H2,1H3,(H,23,25). The van der Waals surface area contributed by atoms with E-state index in [1.165, 1.54) is 11.6 Å². The van der Waals surface area contributed by atoms with E-state index in [1.807, 2.05) is 30.3 Å². The fraction of sp³-hybridized carbons (Fsp3) is 0.200. The Hall–Kier alpha value is -3.02. The van der Waals surface area contributed by atoms with Gasteiger partial charge in [-0.1, -0.05) is 48.5 Å². The first kappa shape index (κ1) is 17.8. The van der Waals surface area contributed by atoms with E-state index in [-0.39, 0.29) is 23.8 Å². The number of hydrogen-bond acceptors (Lipinski definition) is 3. The van der Waals surface area contributed by atoms with Crippen molar-refractivity contribution >= 4 is 5.91 Å². The molecular weight excluding hydrogens is 338 g/mol. The van der Waals surface area contributed by atoms with Gasteiger partial charge in [-0.3, -0.25) is 4.79 Å². The molecule has 26 heavy (non-hydrogen) atoms. The number of halogens is 2. The zero-order valence-corrected chi connectivity index (χ0v) is 14.2. The van der Waals surface area contributed by atoms with Gasteiger partial charge in [0.2, 0.25) is 5.76 Å². The Morgan fingerprint density at radius 2 is 1.92 bits per heavy atom. The molecule has 1 aromatic heterocycles. The minimum atomic E-state index is -0.708. The van der Waals surface area contributed by atoms with Crippen LogP contribution in [0.2, 0.25) is 0 Å². The summed E-state index contributed by atoms with van der Waals surface area (Å²) in [6, 6.07) is 14.8. The average molecular weight is 356 g/mol. The molecule has 0 aliphatic heterocycles. The van der Waals surface area contributed by atoms with Gasteiger partial charge in [0.25, 0.3) is 5.91 Å². The number of aromatic nitrogens is 1. The maximum atomic E-state index is 13.6. The van der Waals surface area contributed by atoms with Crippen LogP contribution in [0.5, 0.6) is 0 Å². The van der Waals surface area contributed by atoms with Crippen molar-refractivity contribution in [3.05, 3.63) is 88.8 Å². The molecule has 134 valence electrons. The van der Waals surface area contributed by atoms with Crippen molar-refractivity contribution in [3.8, 4) is 0 Å². The van der Waals surface area contributed by atoms with Crippen molar-refractivity contribution in [1.29, 1.82) is 0 Å². The molecule has 0 aliphatic carbocycles.